The van der Waals surface area contributed by atoms with Crippen LogP contribution in [0.4, 0.5) is 28.9 Å². The molecule has 276 valence electrons. The number of hydrogen-bond donors (Lipinski definition) is 0. The van der Waals surface area contributed by atoms with Crippen LogP contribution in [0.15, 0.2) is 60.7 Å². The molecule has 2 aliphatic carbocycles. The van der Waals surface area contributed by atoms with Crippen LogP contribution in [0.5, 0.6) is 0 Å². The van der Waals surface area contributed by atoms with Crippen LogP contribution < -0.4 is 9.80 Å². The molecule has 0 heterocycles. The first kappa shape index (κ1) is 47.8. The van der Waals surface area contributed by atoms with Crippen LogP contribution in [0.2, 0.25) is 0 Å². The number of allylic oxidation sites excluding steroid dienone is 8. The van der Waals surface area contributed by atoms with Gasteiger partial charge in [0.2, 0.25) is 11.8 Å². The predicted octanol–water partition coefficient (Wildman–Crippen LogP) is 11.3. The number of amides is 2. The van der Waals surface area contributed by atoms with Crippen molar-refractivity contribution in [3.63, 3.8) is 0 Å². The number of carbonyl (C=O) groups is 2. The van der Waals surface area contributed by atoms with Gasteiger partial charge in [0.15, 0.2) is 0 Å². The molecule has 0 aliphatic heterocycles. The van der Waals surface area contributed by atoms with E-state index in [-0.39, 0.29) is 57.0 Å². The van der Waals surface area contributed by atoms with Gasteiger partial charge in [-0.05, 0) is 51.9 Å². The van der Waals surface area contributed by atoms with Crippen molar-refractivity contribution in [3.8, 4) is 0 Å². The van der Waals surface area contributed by atoms with Crippen LogP contribution in [0.25, 0.3) is 0 Å². The van der Waals surface area contributed by atoms with Crippen LogP contribution in [-0.2, 0) is 31.3 Å². The van der Waals surface area contributed by atoms with Crippen molar-refractivity contribution in [1.82, 2.24) is 0 Å². The number of rotatable bonds is 10. The summed E-state index contributed by atoms with van der Waals surface area (Å²) in [5, 5.41) is 0. The Morgan fingerprint density at radius 2 is 1.00 bits per heavy atom. The minimum atomic E-state index is -0.834. The van der Waals surface area contributed by atoms with Gasteiger partial charge in [0.1, 0.15) is 0 Å². The summed E-state index contributed by atoms with van der Waals surface area (Å²) in [6, 6.07) is 8.36. The molecule has 2 aromatic rings. The smallest absolute Gasteiger partial charge is 0.361 e. The van der Waals surface area contributed by atoms with Crippen molar-refractivity contribution >= 4 is 23.2 Å². The van der Waals surface area contributed by atoms with Gasteiger partial charge in [0, 0.05) is 46.2 Å². The maximum Gasteiger partial charge on any atom is 4.00 e. The van der Waals surface area contributed by atoms with Crippen molar-refractivity contribution in [2.24, 2.45) is 10.8 Å². The Hall–Kier alpha value is -3.23. The van der Waals surface area contributed by atoms with Crippen LogP contribution in [0.1, 0.15) is 108 Å². The maximum absolute atomic E-state index is 13.9. The van der Waals surface area contributed by atoms with Gasteiger partial charge in [-0.1, -0.05) is 54.4 Å². The van der Waals surface area contributed by atoms with Gasteiger partial charge < -0.3 is 9.80 Å². The molecule has 0 radical (unpaired) electrons. The maximum atomic E-state index is 13.9. The van der Waals surface area contributed by atoms with E-state index in [1.165, 1.54) is 21.9 Å². The number of hydrogen-bond acceptors (Lipinski definition) is 2. The molecule has 2 aromatic carbocycles. The van der Waals surface area contributed by atoms with Gasteiger partial charge in [-0.3, -0.25) is 21.7 Å². The Labute approximate surface area is 319 Å². The first-order chi connectivity index (χ1) is 23.4. The van der Waals surface area contributed by atoms with E-state index in [2.05, 4.69) is 24.3 Å². The fourth-order valence-corrected chi connectivity index (χ4v) is 5.28. The molecule has 51 heavy (non-hydrogen) atoms. The molecular weight excluding hydrogens is 688 g/mol. The Balaban J connectivity index is 0.000000754. The van der Waals surface area contributed by atoms with E-state index in [0.717, 1.165) is 37.8 Å². The third-order valence-corrected chi connectivity index (χ3v) is 7.75. The number of nitrogens with zero attached hydrogens (tertiary/aromatic N) is 2. The minimum absolute atomic E-state index is 0. The molecule has 0 unspecified atom stereocenters. The quantitative estimate of drug-likeness (QED) is 0.138. The third-order valence-electron chi connectivity index (χ3n) is 7.75. The van der Waals surface area contributed by atoms with E-state index >= 15 is 0 Å². The molecule has 2 aliphatic rings. The van der Waals surface area contributed by atoms with E-state index in [0.29, 0.717) is 12.8 Å². The Bertz CT molecular complexity index is 1360. The normalized spacial score (nSPS) is 12.7. The fraction of sp³-hybridized carbons (Fsp3) is 0.476. The average molecular weight is 743 g/mol. The molecule has 0 spiro atoms. The molecule has 4 rings (SSSR count). The largest absolute Gasteiger partial charge is 4.00 e. The topological polar surface area (TPSA) is 40.6 Å². The van der Waals surface area contributed by atoms with E-state index in [4.69, 9.17) is 0 Å². The number of halogens is 4. The van der Waals surface area contributed by atoms with Gasteiger partial charge in [-0.2, -0.15) is 12.2 Å². The summed E-state index contributed by atoms with van der Waals surface area (Å²) in [5.74, 6) is -3.52. The molecule has 0 fully saturated rings. The second-order valence-electron chi connectivity index (χ2n) is 13.8. The molecular formula is C42H54F4N2O2Ti. The first-order valence-electron chi connectivity index (χ1n) is 17.3. The number of benzene rings is 2. The second-order valence-corrected chi connectivity index (χ2v) is 13.8. The molecule has 0 atom stereocenters. The molecule has 9 heteroatoms. The predicted molar refractivity (Wildman–Crippen MR) is 196 cm³/mol. The van der Waals surface area contributed by atoms with E-state index in [9.17, 15) is 27.2 Å². The van der Waals surface area contributed by atoms with Crippen molar-refractivity contribution in [2.75, 3.05) is 9.80 Å². The van der Waals surface area contributed by atoms with E-state index in [1.807, 2.05) is 106 Å². The molecule has 0 saturated carbocycles. The summed E-state index contributed by atoms with van der Waals surface area (Å²) in [4.78, 5) is 28.2. The zero-order chi connectivity index (χ0) is 38.1. The molecule has 0 aromatic heterocycles. The van der Waals surface area contributed by atoms with E-state index < -0.39 is 34.1 Å². The standard InChI is InChI=1S/2C16H22F2NO.2C5H5.Ti/c2*1-6-9-16(4,5)15(20)19(11(2)3)14-8-7-12(17)10-13(14)18;2*1-2-4-5-3-1;/h2*7-8,11H,6,9H2,1-5H3;2*1-3H,4H2;/q4*-1;+4. The summed E-state index contributed by atoms with van der Waals surface area (Å²) >= 11 is 0. The van der Waals surface area contributed by atoms with Gasteiger partial charge in [-0.15, -0.1) is 49.2 Å². The number of anilines is 2. The van der Waals surface area contributed by atoms with Crippen LogP contribution >= 0.6 is 0 Å². The molecule has 2 amide bonds. The molecule has 0 bridgehead atoms. The van der Waals surface area contributed by atoms with Gasteiger partial charge in [0.05, 0.1) is 0 Å². The van der Waals surface area contributed by atoms with Gasteiger partial charge in [-0.25, -0.2) is 41.9 Å². The Morgan fingerprint density at radius 3 is 1.20 bits per heavy atom. The number of carbonyl (C=O) groups excluding carboxylic acids is 2. The third kappa shape index (κ3) is 15.9. The molecule has 4 nitrogen and oxygen atoms in total. The minimum Gasteiger partial charge on any atom is -0.361 e. The van der Waals surface area contributed by atoms with Crippen molar-refractivity contribution in [3.05, 3.63) is 108 Å². The molecule has 0 saturated heterocycles. The zero-order valence-corrected chi connectivity index (χ0v) is 33.5. The van der Waals surface area contributed by atoms with E-state index in [1.54, 1.807) is 0 Å². The van der Waals surface area contributed by atoms with Gasteiger partial charge in [0.25, 0.3) is 0 Å². The van der Waals surface area contributed by atoms with Crippen molar-refractivity contribution in [1.29, 1.82) is 0 Å². The summed E-state index contributed by atoms with van der Waals surface area (Å²) in [5.41, 5.74) is -1.01. The summed E-state index contributed by atoms with van der Waals surface area (Å²) in [6.45, 7) is 18.6. The monoisotopic (exact) mass is 742 g/mol. The van der Waals surface area contributed by atoms with Crippen LogP contribution in [-0.4, -0.2) is 23.9 Å². The van der Waals surface area contributed by atoms with Crippen LogP contribution in [0.3, 0.4) is 0 Å². The second kappa shape index (κ2) is 23.4. The SMILES string of the molecule is CCCC(C)(C)C(=O)N(c1ccc(F)[c-]c1F)C(C)C.CCCC(C)(C)C(=O)N(c1ccc(F)[c-]c1F)C(C)C.[C-]1=CC=CC1.[C-]1=CC=CC1.[Ti+4]. The Morgan fingerprint density at radius 1 is 0.667 bits per heavy atom. The fourth-order valence-electron chi connectivity index (χ4n) is 5.28. The Kier molecular flexibility index (Phi) is 21.9. The zero-order valence-electron chi connectivity index (χ0n) is 31.9. The summed E-state index contributed by atoms with van der Waals surface area (Å²) in [7, 11) is 0. The first-order valence-corrected chi connectivity index (χ1v) is 17.3. The van der Waals surface area contributed by atoms with Crippen molar-refractivity contribution in [2.45, 2.75) is 120 Å². The average Bonchev–Trinajstić information content (AvgIpc) is 3.80. The summed E-state index contributed by atoms with van der Waals surface area (Å²) < 4.78 is 53.7. The van der Waals surface area contributed by atoms with Gasteiger partial charge >= 0.3 is 21.7 Å². The van der Waals surface area contributed by atoms with Crippen LogP contribution in [0, 0.1) is 58.4 Å². The molecule has 0 N–H and O–H groups in total. The summed E-state index contributed by atoms with van der Waals surface area (Å²) in [6.07, 6.45) is 23.1. The van der Waals surface area contributed by atoms with Crippen molar-refractivity contribution < 1.29 is 48.9 Å².